The van der Waals surface area contributed by atoms with Gasteiger partial charge in [0.15, 0.2) is 5.13 Å². The van der Waals surface area contributed by atoms with E-state index in [1.807, 2.05) is 0 Å². The van der Waals surface area contributed by atoms with Gasteiger partial charge in [0.2, 0.25) is 0 Å². The van der Waals surface area contributed by atoms with Crippen LogP contribution in [0.4, 0.5) is 10.8 Å². The highest BCUT2D eigenvalue weighted by atomic mass is 32.1. The average Bonchev–Trinajstić information content (AvgIpc) is 2.80. The van der Waals surface area contributed by atoms with Crippen molar-refractivity contribution in [1.29, 1.82) is 0 Å². The molecule has 4 heteroatoms. The zero-order chi connectivity index (χ0) is 14.5. The Morgan fingerprint density at radius 3 is 2.45 bits per heavy atom. The van der Waals surface area contributed by atoms with Crippen LogP contribution in [0.2, 0.25) is 0 Å². The molecule has 0 aliphatic carbocycles. The molecule has 2 aromatic rings. The average molecular weight is 289 g/mol. The molecule has 1 aromatic carbocycles. The summed E-state index contributed by atoms with van der Waals surface area (Å²) in [4.78, 5) is 8.33. The van der Waals surface area contributed by atoms with Gasteiger partial charge < -0.3 is 10.2 Å². The molecular formula is C16H23N3S. The fourth-order valence-electron chi connectivity index (χ4n) is 2.08. The van der Waals surface area contributed by atoms with Gasteiger partial charge in [-0.2, -0.15) is 0 Å². The van der Waals surface area contributed by atoms with E-state index >= 15 is 0 Å². The van der Waals surface area contributed by atoms with Crippen LogP contribution in [0.1, 0.15) is 30.0 Å². The number of benzene rings is 1. The fraction of sp³-hybridized carbons (Fsp3) is 0.438. The first-order valence-corrected chi connectivity index (χ1v) is 7.98. The largest absolute Gasteiger partial charge is 0.318 e. The SMILES string of the molecule is CCNCc1sc(N(CC)c2ccc(C)cc2)nc1C. The summed E-state index contributed by atoms with van der Waals surface area (Å²) < 4.78 is 0. The van der Waals surface area contributed by atoms with E-state index in [2.05, 4.69) is 62.2 Å². The molecule has 3 nitrogen and oxygen atoms in total. The van der Waals surface area contributed by atoms with E-state index in [0.29, 0.717) is 0 Å². The monoisotopic (exact) mass is 289 g/mol. The van der Waals surface area contributed by atoms with Crippen molar-refractivity contribution >= 4 is 22.2 Å². The minimum Gasteiger partial charge on any atom is -0.318 e. The third kappa shape index (κ3) is 3.38. The molecule has 1 heterocycles. The van der Waals surface area contributed by atoms with Gasteiger partial charge in [0, 0.05) is 23.7 Å². The summed E-state index contributed by atoms with van der Waals surface area (Å²) in [6.45, 7) is 11.3. The smallest absolute Gasteiger partial charge is 0.190 e. The number of nitrogens with one attached hydrogen (secondary N) is 1. The quantitative estimate of drug-likeness (QED) is 0.870. The predicted octanol–water partition coefficient (Wildman–Crippen LogP) is 4.03. The first kappa shape index (κ1) is 15.0. The zero-order valence-electron chi connectivity index (χ0n) is 12.7. The molecule has 0 aliphatic rings. The lowest BCUT2D eigenvalue weighted by molar-refractivity contribution is 0.731. The number of rotatable bonds is 6. The molecule has 0 saturated carbocycles. The lowest BCUT2D eigenvalue weighted by Crippen LogP contribution is -2.15. The molecule has 0 spiro atoms. The molecule has 0 radical (unpaired) electrons. The standard InChI is InChI=1S/C16H23N3S/c1-5-17-11-15-13(4)18-16(20-15)19(6-2)14-9-7-12(3)8-10-14/h7-10,17H,5-6,11H2,1-4H3. The maximum atomic E-state index is 4.74. The summed E-state index contributed by atoms with van der Waals surface area (Å²) in [6.07, 6.45) is 0. The molecule has 0 saturated heterocycles. The lowest BCUT2D eigenvalue weighted by Gasteiger charge is -2.20. The maximum Gasteiger partial charge on any atom is 0.190 e. The van der Waals surface area contributed by atoms with Gasteiger partial charge in [-0.1, -0.05) is 36.0 Å². The van der Waals surface area contributed by atoms with Gasteiger partial charge >= 0.3 is 0 Å². The van der Waals surface area contributed by atoms with Crippen molar-refractivity contribution in [2.24, 2.45) is 0 Å². The number of nitrogens with zero attached hydrogens (tertiary/aromatic N) is 2. The Morgan fingerprint density at radius 1 is 1.15 bits per heavy atom. The van der Waals surface area contributed by atoms with E-state index in [9.17, 15) is 0 Å². The Balaban J connectivity index is 2.25. The summed E-state index contributed by atoms with van der Waals surface area (Å²) in [5.41, 5.74) is 3.63. The Bertz CT molecular complexity index is 545. The van der Waals surface area contributed by atoms with Crippen LogP contribution in [-0.4, -0.2) is 18.1 Å². The van der Waals surface area contributed by atoms with Crippen LogP contribution in [-0.2, 0) is 6.54 Å². The van der Waals surface area contributed by atoms with Gasteiger partial charge in [-0.25, -0.2) is 4.98 Å². The normalized spacial score (nSPS) is 10.8. The number of hydrogen-bond acceptors (Lipinski definition) is 4. The van der Waals surface area contributed by atoms with E-state index in [4.69, 9.17) is 4.98 Å². The van der Waals surface area contributed by atoms with Gasteiger partial charge in [0.1, 0.15) is 0 Å². The minimum atomic E-state index is 0.908. The van der Waals surface area contributed by atoms with Crippen molar-refractivity contribution in [2.75, 3.05) is 18.0 Å². The Kier molecular flexibility index (Phi) is 5.15. The van der Waals surface area contributed by atoms with Crippen molar-refractivity contribution in [1.82, 2.24) is 10.3 Å². The van der Waals surface area contributed by atoms with Crippen molar-refractivity contribution in [3.8, 4) is 0 Å². The Hall–Kier alpha value is -1.39. The van der Waals surface area contributed by atoms with Gasteiger partial charge in [0.25, 0.3) is 0 Å². The first-order chi connectivity index (χ1) is 9.65. The highest BCUT2D eigenvalue weighted by Gasteiger charge is 2.14. The maximum absolute atomic E-state index is 4.74. The minimum absolute atomic E-state index is 0.908. The van der Waals surface area contributed by atoms with Crippen LogP contribution >= 0.6 is 11.3 Å². The number of anilines is 2. The number of thiazole rings is 1. The molecular weight excluding hydrogens is 266 g/mol. The third-order valence-corrected chi connectivity index (χ3v) is 4.49. The second-order valence-corrected chi connectivity index (χ2v) is 5.93. The molecule has 108 valence electrons. The Morgan fingerprint density at radius 2 is 1.85 bits per heavy atom. The van der Waals surface area contributed by atoms with Gasteiger partial charge in [-0.05, 0) is 39.4 Å². The topological polar surface area (TPSA) is 28.2 Å². The summed E-state index contributed by atoms with van der Waals surface area (Å²) in [7, 11) is 0. The van der Waals surface area contributed by atoms with Crippen molar-refractivity contribution in [2.45, 2.75) is 34.2 Å². The van der Waals surface area contributed by atoms with E-state index in [0.717, 1.165) is 30.5 Å². The number of hydrogen-bond donors (Lipinski definition) is 1. The van der Waals surface area contributed by atoms with Crippen LogP contribution in [0, 0.1) is 13.8 Å². The second-order valence-electron chi connectivity index (χ2n) is 4.87. The zero-order valence-corrected chi connectivity index (χ0v) is 13.5. The number of aromatic nitrogens is 1. The molecule has 0 unspecified atom stereocenters. The van der Waals surface area contributed by atoms with Crippen LogP contribution in [0.15, 0.2) is 24.3 Å². The first-order valence-electron chi connectivity index (χ1n) is 7.17. The molecule has 2 rings (SSSR count). The predicted molar refractivity (Wildman–Crippen MR) is 88.1 cm³/mol. The van der Waals surface area contributed by atoms with Crippen molar-refractivity contribution in [3.63, 3.8) is 0 Å². The van der Waals surface area contributed by atoms with Crippen LogP contribution < -0.4 is 10.2 Å². The van der Waals surface area contributed by atoms with Crippen LogP contribution in [0.25, 0.3) is 0 Å². The van der Waals surface area contributed by atoms with Gasteiger partial charge in [-0.15, -0.1) is 0 Å². The van der Waals surface area contributed by atoms with Crippen molar-refractivity contribution in [3.05, 3.63) is 40.4 Å². The third-order valence-electron chi connectivity index (χ3n) is 3.31. The summed E-state index contributed by atoms with van der Waals surface area (Å²) in [5.74, 6) is 0. The molecule has 0 amide bonds. The fourth-order valence-corrected chi connectivity index (χ4v) is 3.20. The summed E-state index contributed by atoms with van der Waals surface area (Å²) >= 11 is 1.78. The molecule has 1 N–H and O–H groups in total. The molecule has 0 bridgehead atoms. The highest BCUT2D eigenvalue weighted by molar-refractivity contribution is 7.15. The summed E-state index contributed by atoms with van der Waals surface area (Å²) in [6, 6.07) is 8.63. The van der Waals surface area contributed by atoms with Gasteiger partial charge in [-0.3, -0.25) is 0 Å². The van der Waals surface area contributed by atoms with E-state index < -0.39 is 0 Å². The van der Waals surface area contributed by atoms with E-state index in [1.165, 1.54) is 16.1 Å². The second kappa shape index (κ2) is 6.86. The van der Waals surface area contributed by atoms with E-state index in [-0.39, 0.29) is 0 Å². The Labute approximate surface area is 125 Å². The van der Waals surface area contributed by atoms with Crippen LogP contribution in [0.5, 0.6) is 0 Å². The van der Waals surface area contributed by atoms with Crippen molar-refractivity contribution < 1.29 is 0 Å². The molecule has 0 aliphatic heterocycles. The molecule has 0 fully saturated rings. The molecule has 1 aromatic heterocycles. The highest BCUT2D eigenvalue weighted by Crippen LogP contribution is 2.31. The van der Waals surface area contributed by atoms with Gasteiger partial charge in [0.05, 0.1) is 5.69 Å². The van der Waals surface area contributed by atoms with Crippen LogP contribution in [0.3, 0.4) is 0 Å². The summed E-state index contributed by atoms with van der Waals surface area (Å²) in [5, 5.41) is 4.46. The number of aryl methyl sites for hydroxylation is 2. The molecule has 20 heavy (non-hydrogen) atoms. The lowest BCUT2D eigenvalue weighted by atomic mass is 10.2. The molecule has 0 atom stereocenters. The van der Waals surface area contributed by atoms with E-state index in [1.54, 1.807) is 11.3 Å².